The van der Waals surface area contributed by atoms with Gasteiger partial charge in [-0.15, -0.1) is 6.58 Å². The predicted molar refractivity (Wildman–Crippen MR) is 84.4 cm³/mol. The van der Waals surface area contributed by atoms with Gasteiger partial charge in [0.15, 0.2) is 0 Å². The van der Waals surface area contributed by atoms with Crippen molar-refractivity contribution in [3.8, 4) is 0 Å². The lowest BCUT2D eigenvalue weighted by Gasteiger charge is -2.13. The molecule has 0 spiro atoms. The average Bonchev–Trinajstić information content (AvgIpc) is 2.72. The van der Waals surface area contributed by atoms with Gasteiger partial charge in [0.1, 0.15) is 17.8 Å². The minimum Gasteiger partial charge on any atom is -0.465 e. The van der Waals surface area contributed by atoms with Crippen molar-refractivity contribution in [2.75, 3.05) is 5.73 Å². The second-order valence-corrected chi connectivity index (χ2v) is 5.37. The third-order valence-corrected chi connectivity index (χ3v) is 3.73. The number of aromatic nitrogens is 3. The standard InChI is InChI=1S/C12H14IN5O2/c1-2-7(17-12(19)20)3-4-18-5-8(13)9-10(14)15-6-16-11(9)18/h2,5-7,17H,1,3-4H2,(H,19,20)(H2,14,15,16). The molecule has 0 aliphatic carbocycles. The second-order valence-electron chi connectivity index (χ2n) is 4.21. The SMILES string of the molecule is C=CC(CCn1cc(I)c2c(N)ncnc21)NC(=O)O. The third-order valence-electron chi connectivity index (χ3n) is 2.91. The van der Waals surface area contributed by atoms with E-state index in [0.29, 0.717) is 18.8 Å². The van der Waals surface area contributed by atoms with Crippen LogP contribution < -0.4 is 11.1 Å². The highest BCUT2D eigenvalue weighted by molar-refractivity contribution is 14.1. The number of halogens is 1. The van der Waals surface area contributed by atoms with E-state index in [2.05, 4.69) is 44.5 Å². The molecular formula is C12H14IN5O2. The molecule has 0 radical (unpaired) electrons. The second kappa shape index (κ2) is 6.07. The Morgan fingerprint density at radius 1 is 1.65 bits per heavy atom. The van der Waals surface area contributed by atoms with Gasteiger partial charge in [-0.1, -0.05) is 6.08 Å². The summed E-state index contributed by atoms with van der Waals surface area (Å²) in [6, 6.07) is -0.304. The number of hydrogen-bond acceptors (Lipinski definition) is 4. The lowest BCUT2D eigenvalue weighted by Crippen LogP contribution is -2.32. The van der Waals surface area contributed by atoms with Crippen LogP contribution in [0.4, 0.5) is 10.6 Å². The van der Waals surface area contributed by atoms with Gasteiger partial charge in [0.2, 0.25) is 0 Å². The zero-order valence-corrected chi connectivity index (χ0v) is 12.7. The Morgan fingerprint density at radius 3 is 3.05 bits per heavy atom. The predicted octanol–water partition coefficient (Wildman–Crippen LogP) is 1.83. The Balaban J connectivity index is 2.20. The van der Waals surface area contributed by atoms with E-state index in [9.17, 15) is 4.79 Å². The summed E-state index contributed by atoms with van der Waals surface area (Å²) in [5.41, 5.74) is 6.59. The Hall–Kier alpha value is -1.84. The van der Waals surface area contributed by atoms with Crippen LogP contribution in [0.2, 0.25) is 0 Å². The first-order valence-corrected chi connectivity index (χ1v) is 6.97. The number of amides is 1. The van der Waals surface area contributed by atoms with Gasteiger partial charge in [0, 0.05) is 16.3 Å². The molecule has 8 heteroatoms. The first-order chi connectivity index (χ1) is 9.52. The highest BCUT2D eigenvalue weighted by Gasteiger charge is 2.13. The van der Waals surface area contributed by atoms with Gasteiger partial charge in [-0.2, -0.15) is 0 Å². The fourth-order valence-electron chi connectivity index (χ4n) is 1.96. The molecule has 1 amide bonds. The highest BCUT2D eigenvalue weighted by Crippen LogP contribution is 2.25. The smallest absolute Gasteiger partial charge is 0.405 e. The molecule has 0 bridgehead atoms. The van der Waals surface area contributed by atoms with Crippen LogP contribution >= 0.6 is 22.6 Å². The summed E-state index contributed by atoms with van der Waals surface area (Å²) >= 11 is 2.18. The maximum Gasteiger partial charge on any atom is 0.405 e. The molecule has 4 N–H and O–H groups in total. The zero-order valence-electron chi connectivity index (χ0n) is 10.6. The van der Waals surface area contributed by atoms with Crippen LogP contribution in [0.1, 0.15) is 6.42 Å². The Bertz CT molecular complexity index is 655. The molecule has 2 heterocycles. The van der Waals surface area contributed by atoms with Crippen molar-refractivity contribution in [3.05, 3.63) is 28.7 Å². The fourth-order valence-corrected chi connectivity index (χ4v) is 2.81. The molecule has 0 aliphatic heterocycles. The fraction of sp³-hybridized carbons (Fsp3) is 0.250. The molecule has 0 fully saturated rings. The first-order valence-electron chi connectivity index (χ1n) is 5.89. The van der Waals surface area contributed by atoms with Gasteiger partial charge in [-0.05, 0) is 29.0 Å². The zero-order chi connectivity index (χ0) is 14.7. The molecule has 2 rings (SSSR count). The molecule has 2 aromatic rings. The topological polar surface area (TPSA) is 106 Å². The molecule has 0 aliphatic rings. The molecule has 1 atom stereocenters. The highest BCUT2D eigenvalue weighted by atomic mass is 127. The van der Waals surface area contributed by atoms with Gasteiger partial charge in [0.25, 0.3) is 0 Å². The van der Waals surface area contributed by atoms with Gasteiger partial charge in [-0.3, -0.25) is 0 Å². The molecule has 0 saturated heterocycles. The summed E-state index contributed by atoms with van der Waals surface area (Å²) in [4.78, 5) is 18.8. The number of nitrogens with two attached hydrogens (primary N) is 1. The Labute approximate surface area is 129 Å². The minimum absolute atomic E-state index is 0.304. The summed E-state index contributed by atoms with van der Waals surface area (Å²) in [6.07, 6.45) is 4.45. The number of nitrogens with one attached hydrogen (secondary N) is 1. The van der Waals surface area contributed by atoms with Gasteiger partial charge < -0.3 is 20.7 Å². The molecule has 106 valence electrons. The number of nitrogen functional groups attached to an aromatic ring is 1. The van der Waals surface area contributed by atoms with Crippen LogP contribution in [0.3, 0.4) is 0 Å². The lowest BCUT2D eigenvalue weighted by molar-refractivity contribution is 0.191. The van der Waals surface area contributed by atoms with E-state index in [0.717, 1.165) is 14.6 Å². The molecule has 0 saturated carbocycles. The number of carboxylic acid groups (broad SMARTS) is 1. The largest absolute Gasteiger partial charge is 0.465 e. The average molecular weight is 387 g/mol. The quantitative estimate of drug-likeness (QED) is 0.536. The number of anilines is 1. The molecule has 20 heavy (non-hydrogen) atoms. The normalized spacial score (nSPS) is 12.2. The molecule has 2 aromatic heterocycles. The molecule has 1 unspecified atom stereocenters. The number of fused-ring (bicyclic) bond motifs is 1. The minimum atomic E-state index is -1.06. The first kappa shape index (κ1) is 14.6. The van der Waals surface area contributed by atoms with E-state index >= 15 is 0 Å². The number of rotatable bonds is 5. The molecular weight excluding hydrogens is 373 g/mol. The van der Waals surface area contributed by atoms with Crippen LogP contribution in [-0.4, -0.2) is 31.8 Å². The van der Waals surface area contributed by atoms with E-state index in [1.54, 1.807) is 6.08 Å². The Kier molecular flexibility index (Phi) is 4.42. The molecule has 0 aromatic carbocycles. The maximum atomic E-state index is 10.6. The number of nitrogens with zero attached hydrogens (tertiary/aromatic N) is 3. The Morgan fingerprint density at radius 2 is 2.40 bits per heavy atom. The van der Waals surface area contributed by atoms with Crippen molar-refractivity contribution in [2.24, 2.45) is 0 Å². The summed E-state index contributed by atoms with van der Waals surface area (Å²) < 4.78 is 2.91. The van der Waals surface area contributed by atoms with Crippen LogP contribution in [-0.2, 0) is 6.54 Å². The summed E-state index contributed by atoms with van der Waals surface area (Å²) in [5.74, 6) is 0.446. The lowest BCUT2D eigenvalue weighted by atomic mass is 10.2. The van der Waals surface area contributed by atoms with Gasteiger partial charge in [0.05, 0.1) is 11.4 Å². The van der Waals surface area contributed by atoms with Crippen molar-refractivity contribution >= 4 is 45.5 Å². The van der Waals surface area contributed by atoms with Gasteiger partial charge >= 0.3 is 6.09 Å². The van der Waals surface area contributed by atoms with Crippen LogP contribution in [0, 0.1) is 3.57 Å². The number of aryl methyl sites for hydroxylation is 1. The van der Waals surface area contributed by atoms with Crippen LogP contribution in [0.25, 0.3) is 11.0 Å². The van der Waals surface area contributed by atoms with E-state index in [1.165, 1.54) is 6.33 Å². The van der Waals surface area contributed by atoms with E-state index < -0.39 is 6.09 Å². The maximum absolute atomic E-state index is 10.6. The molecule has 7 nitrogen and oxygen atoms in total. The third kappa shape index (κ3) is 3.00. The van der Waals surface area contributed by atoms with Crippen LogP contribution in [0.5, 0.6) is 0 Å². The summed E-state index contributed by atoms with van der Waals surface area (Å²) in [6.45, 7) is 4.23. The van der Waals surface area contributed by atoms with E-state index in [1.807, 2.05) is 10.8 Å². The van der Waals surface area contributed by atoms with E-state index in [4.69, 9.17) is 10.8 Å². The number of carbonyl (C=O) groups is 1. The van der Waals surface area contributed by atoms with Crippen molar-refractivity contribution < 1.29 is 9.90 Å². The van der Waals surface area contributed by atoms with Crippen molar-refractivity contribution in [1.82, 2.24) is 19.9 Å². The van der Waals surface area contributed by atoms with Gasteiger partial charge in [-0.25, -0.2) is 14.8 Å². The van der Waals surface area contributed by atoms with Crippen molar-refractivity contribution in [1.29, 1.82) is 0 Å². The number of hydrogen-bond donors (Lipinski definition) is 3. The van der Waals surface area contributed by atoms with E-state index in [-0.39, 0.29) is 6.04 Å². The van der Waals surface area contributed by atoms with Crippen LogP contribution in [0.15, 0.2) is 25.2 Å². The summed E-state index contributed by atoms with van der Waals surface area (Å²) in [7, 11) is 0. The monoisotopic (exact) mass is 387 g/mol. The van der Waals surface area contributed by atoms with Crippen molar-refractivity contribution in [2.45, 2.75) is 19.0 Å². The van der Waals surface area contributed by atoms with Crippen molar-refractivity contribution in [3.63, 3.8) is 0 Å². The summed E-state index contributed by atoms with van der Waals surface area (Å²) in [5, 5.41) is 11.9.